The van der Waals surface area contributed by atoms with Crippen LogP contribution in [-0.2, 0) is 16.1 Å². The zero-order valence-electron chi connectivity index (χ0n) is 11.3. The Bertz CT molecular complexity index is 423. The molecule has 0 fully saturated rings. The first-order chi connectivity index (χ1) is 9.04. The Labute approximate surface area is 118 Å². The second-order valence-electron chi connectivity index (χ2n) is 4.34. The fourth-order valence-electron chi connectivity index (χ4n) is 1.67. The van der Waals surface area contributed by atoms with Crippen LogP contribution in [0, 0.1) is 0 Å². The standard InChI is InChI=1S/C14H20N2O2S/c1-11(19-2)14(18)16(9-8-13(15)17)10-12-6-4-3-5-7-12/h3-7,11H,8-10H2,1-2H3,(H2,15,17)/t11-/m0/s1. The highest BCUT2D eigenvalue weighted by molar-refractivity contribution is 7.99. The van der Waals surface area contributed by atoms with Gasteiger partial charge in [0, 0.05) is 19.5 Å². The van der Waals surface area contributed by atoms with E-state index in [9.17, 15) is 9.59 Å². The lowest BCUT2D eigenvalue weighted by Gasteiger charge is -2.25. The average molecular weight is 280 g/mol. The zero-order chi connectivity index (χ0) is 14.3. The highest BCUT2D eigenvalue weighted by Gasteiger charge is 2.20. The van der Waals surface area contributed by atoms with E-state index >= 15 is 0 Å². The monoisotopic (exact) mass is 280 g/mol. The van der Waals surface area contributed by atoms with Crippen molar-refractivity contribution < 1.29 is 9.59 Å². The molecule has 1 atom stereocenters. The minimum Gasteiger partial charge on any atom is -0.370 e. The molecule has 0 bridgehead atoms. The molecule has 0 aromatic heterocycles. The smallest absolute Gasteiger partial charge is 0.235 e. The molecule has 5 heteroatoms. The van der Waals surface area contributed by atoms with Crippen LogP contribution in [0.2, 0.25) is 0 Å². The minimum atomic E-state index is -0.386. The van der Waals surface area contributed by atoms with Gasteiger partial charge in [0.15, 0.2) is 0 Å². The zero-order valence-corrected chi connectivity index (χ0v) is 12.2. The molecule has 0 unspecified atom stereocenters. The molecule has 0 saturated carbocycles. The molecule has 104 valence electrons. The van der Waals surface area contributed by atoms with Gasteiger partial charge in [0.1, 0.15) is 0 Å². The number of nitrogens with zero attached hydrogens (tertiary/aromatic N) is 1. The molecule has 1 aromatic carbocycles. The molecule has 0 heterocycles. The topological polar surface area (TPSA) is 63.4 Å². The Kier molecular flexibility index (Phi) is 6.42. The minimum absolute atomic E-state index is 0.0394. The summed E-state index contributed by atoms with van der Waals surface area (Å²) >= 11 is 1.50. The van der Waals surface area contributed by atoms with Crippen molar-refractivity contribution in [3.63, 3.8) is 0 Å². The first-order valence-electron chi connectivity index (χ1n) is 6.18. The maximum absolute atomic E-state index is 12.2. The molecule has 1 rings (SSSR count). The molecule has 1 aromatic rings. The van der Waals surface area contributed by atoms with Crippen LogP contribution in [0.15, 0.2) is 30.3 Å². The first kappa shape index (κ1) is 15.6. The summed E-state index contributed by atoms with van der Waals surface area (Å²) < 4.78 is 0. The number of nitrogens with two attached hydrogens (primary N) is 1. The lowest BCUT2D eigenvalue weighted by Crippen LogP contribution is -2.38. The van der Waals surface area contributed by atoms with E-state index in [1.54, 1.807) is 4.90 Å². The Balaban J connectivity index is 2.74. The lowest BCUT2D eigenvalue weighted by molar-refractivity contribution is -0.131. The molecule has 2 amide bonds. The van der Waals surface area contributed by atoms with E-state index in [0.717, 1.165) is 5.56 Å². The summed E-state index contributed by atoms with van der Waals surface area (Å²) in [5, 5.41) is -0.114. The van der Waals surface area contributed by atoms with E-state index in [-0.39, 0.29) is 23.5 Å². The van der Waals surface area contributed by atoms with Crippen molar-refractivity contribution in [2.45, 2.75) is 25.1 Å². The summed E-state index contributed by atoms with van der Waals surface area (Å²) in [6.45, 7) is 2.75. The van der Waals surface area contributed by atoms with Gasteiger partial charge in [-0.25, -0.2) is 0 Å². The lowest BCUT2D eigenvalue weighted by atomic mass is 10.2. The Hall–Kier alpha value is -1.49. The quantitative estimate of drug-likeness (QED) is 0.826. The summed E-state index contributed by atoms with van der Waals surface area (Å²) in [6, 6.07) is 9.74. The normalized spacial score (nSPS) is 11.9. The van der Waals surface area contributed by atoms with Crippen molar-refractivity contribution in [3.8, 4) is 0 Å². The van der Waals surface area contributed by atoms with E-state index in [1.165, 1.54) is 11.8 Å². The van der Waals surface area contributed by atoms with Crippen LogP contribution in [0.3, 0.4) is 0 Å². The molecule has 2 N–H and O–H groups in total. The van der Waals surface area contributed by atoms with Crippen LogP contribution < -0.4 is 5.73 Å². The molecule has 4 nitrogen and oxygen atoms in total. The highest BCUT2D eigenvalue weighted by atomic mass is 32.2. The van der Waals surface area contributed by atoms with Gasteiger partial charge in [-0.05, 0) is 18.7 Å². The highest BCUT2D eigenvalue weighted by Crippen LogP contribution is 2.13. The number of hydrogen-bond donors (Lipinski definition) is 1. The third kappa shape index (κ3) is 5.34. The fourth-order valence-corrected chi connectivity index (χ4v) is 2.02. The summed E-state index contributed by atoms with van der Waals surface area (Å²) in [5.74, 6) is -0.347. The first-order valence-corrected chi connectivity index (χ1v) is 7.47. The number of amides is 2. The van der Waals surface area contributed by atoms with E-state index in [4.69, 9.17) is 5.73 Å². The number of rotatable bonds is 7. The van der Waals surface area contributed by atoms with Gasteiger partial charge in [0.2, 0.25) is 11.8 Å². The second-order valence-corrected chi connectivity index (χ2v) is 5.52. The van der Waals surface area contributed by atoms with Gasteiger partial charge in [-0.2, -0.15) is 11.8 Å². The van der Waals surface area contributed by atoms with Crippen molar-refractivity contribution in [2.24, 2.45) is 5.73 Å². The number of carbonyl (C=O) groups is 2. The Morgan fingerprint density at radius 3 is 2.47 bits per heavy atom. The third-order valence-electron chi connectivity index (χ3n) is 2.86. The predicted octanol–water partition coefficient (Wildman–Crippen LogP) is 1.64. The van der Waals surface area contributed by atoms with E-state index in [1.807, 2.05) is 43.5 Å². The summed E-state index contributed by atoms with van der Waals surface area (Å²) in [6.07, 6.45) is 2.09. The number of hydrogen-bond acceptors (Lipinski definition) is 3. The van der Waals surface area contributed by atoms with Crippen LogP contribution in [0.4, 0.5) is 0 Å². The Morgan fingerprint density at radius 2 is 1.95 bits per heavy atom. The van der Waals surface area contributed by atoms with E-state index in [2.05, 4.69) is 0 Å². The molecule has 0 radical (unpaired) electrons. The van der Waals surface area contributed by atoms with Gasteiger partial charge in [0.05, 0.1) is 5.25 Å². The largest absolute Gasteiger partial charge is 0.370 e. The van der Waals surface area contributed by atoms with Crippen molar-refractivity contribution in [2.75, 3.05) is 12.8 Å². The number of thioether (sulfide) groups is 1. The molecular weight excluding hydrogens is 260 g/mol. The van der Waals surface area contributed by atoms with Crippen molar-refractivity contribution in [1.82, 2.24) is 4.90 Å². The summed E-state index contributed by atoms with van der Waals surface area (Å²) in [4.78, 5) is 24.8. The number of primary amides is 1. The van der Waals surface area contributed by atoms with Crippen molar-refractivity contribution >= 4 is 23.6 Å². The van der Waals surface area contributed by atoms with Crippen LogP contribution in [0.1, 0.15) is 18.9 Å². The van der Waals surface area contributed by atoms with Crippen molar-refractivity contribution in [1.29, 1.82) is 0 Å². The summed E-state index contributed by atoms with van der Waals surface area (Å²) in [7, 11) is 0. The summed E-state index contributed by atoms with van der Waals surface area (Å²) in [5.41, 5.74) is 6.21. The predicted molar refractivity (Wildman–Crippen MR) is 78.6 cm³/mol. The van der Waals surface area contributed by atoms with Crippen LogP contribution in [0.25, 0.3) is 0 Å². The maximum Gasteiger partial charge on any atom is 0.235 e. The van der Waals surface area contributed by atoms with E-state index < -0.39 is 0 Å². The fraction of sp³-hybridized carbons (Fsp3) is 0.429. The molecule has 0 aliphatic carbocycles. The molecule has 0 aliphatic heterocycles. The van der Waals surface area contributed by atoms with E-state index in [0.29, 0.717) is 13.1 Å². The number of carbonyl (C=O) groups excluding carboxylic acids is 2. The van der Waals surface area contributed by atoms with Gasteiger partial charge < -0.3 is 10.6 Å². The average Bonchev–Trinajstić information content (AvgIpc) is 2.42. The second kappa shape index (κ2) is 7.84. The third-order valence-corrected chi connectivity index (χ3v) is 3.77. The van der Waals surface area contributed by atoms with Crippen molar-refractivity contribution in [3.05, 3.63) is 35.9 Å². The van der Waals surface area contributed by atoms with Gasteiger partial charge in [-0.1, -0.05) is 30.3 Å². The molecule has 0 spiro atoms. The van der Waals surface area contributed by atoms with Crippen LogP contribution in [-0.4, -0.2) is 34.8 Å². The SMILES string of the molecule is CS[C@@H](C)C(=O)N(CCC(N)=O)Cc1ccccc1. The van der Waals surface area contributed by atoms with Gasteiger partial charge in [-0.15, -0.1) is 0 Å². The molecule has 0 aliphatic rings. The van der Waals surface area contributed by atoms with Crippen LogP contribution >= 0.6 is 11.8 Å². The van der Waals surface area contributed by atoms with Gasteiger partial charge in [-0.3, -0.25) is 9.59 Å². The van der Waals surface area contributed by atoms with Gasteiger partial charge >= 0.3 is 0 Å². The maximum atomic E-state index is 12.2. The van der Waals surface area contributed by atoms with Crippen LogP contribution in [0.5, 0.6) is 0 Å². The Morgan fingerprint density at radius 1 is 1.32 bits per heavy atom. The molecule has 19 heavy (non-hydrogen) atoms. The molecule has 0 saturated heterocycles. The molecular formula is C14H20N2O2S. The number of benzene rings is 1. The van der Waals surface area contributed by atoms with Gasteiger partial charge in [0.25, 0.3) is 0 Å².